The largest absolute Gasteiger partial charge is 0.487 e. The molecule has 41 heavy (non-hydrogen) atoms. The average Bonchev–Trinajstić information content (AvgIpc) is 3.45. The van der Waals surface area contributed by atoms with Crippen LogP contribution in [0.3, 0.4) is 0 Å². The average molecular weight is 592 g/mol. The predicted octanol–water partition coefficient (Wildman–Crippen LogP) is 4.22. The fourth-order valence-electron chi connectivity index (χ4n) is 7.10. The second-order valence-corrected chi connectivity index (χ2v) is 12.8. The standard InChI is InChI=1S/C29H36ClF2N5O4/c1-16-11-17(38)3-4-18(16)28(40)37-10-7-19-20(30)5-6-23(41-14-21-26(27(31)32)35(2)34-33-21)25(19)22(37)13-36-15-29(8-9-29)12-24(36)39/h5-6,16-18,22,27,38H,3-4,7-15H2,1-2H3/t16-,17+,18+,22+/m0/s1. The molecule has 1 N–H and O–H groups in total. The number of aliphatic hydroxyl groups is 1. The number of hydrogen-bond acceptors (Lipinski definition) is 6. The van der Waals surface area contributed by atoms with Gasteiger partial charge in [0.15, 0.2) is 0 Å². The lowest BCUT2D eigenvalue weighted by molar-refractivity contribution is -0.144. The molecular formula is C29H36ClF2N5O4. The summed E-state index contributed by atoms with van der Waals surface area (Å²) in [6.45, 7) is 3.20. The highest BCUT2D eigenvalue weighted by Crippen LogP contribution is 2.54. The number of aliphatic hydroxyl groups excluding tert-OH is 1. The Labute approximate surface area is 242 Å². The van der Waals surface area contributed by atoms with Gasteiger partial charge in [-0.2, -0.15) is 0 Å². The summed E-state index contributed by atoms with van der Waals surface area (Å²) in [5.74, 6) is 0.311. The van der Waals surface area contributed by atoms with Gasteiger partial charge in [0.2, 0.25) is 11.8 Å². The Bertz CT molecular complexity index is 1350. The highest BCUT2D eigenvalue weighted by molar-refractivity contribution is 6.31. The third-order valence-corrected chi connectivity index (χ3v) is 9.94. The first-order valence-corrected chi connectivity index (χ1v) is 14.8. The molecule has 0 unspecified atom stereocenters. The van der Waals surface area contributed by atoms with Gasteiger partial charge in [-0.3, -0.25) is 9.59 Å². The molecule has 6 rings (SSSR count). The summed E-state index contributed by atoms with van der Waals surface area (Å²) < 4.78 is 34.5. The number of rotatable bonds is 7. The zero-order valence-electron chi connectivity index (χ0n) is 23.4. The minimum absolute atomic E-state index is 0.00710. The van der Waals surface area contributed by atoms with Crippen LogP contribution >= 0.6 is 11.6 Å². The Morgan fingerprint density at radius 1 is 1.29 bits per heavy atom. The molecule has 4 atom stereocenters. The number of carbonyl (C=O) groups excluding carboxylic acids is 2. The van der Waals surface area contributed by atoms with Crippen molar-refractivity contribution in [3.05, 3.63) is 39.7 Å². The first kappa shape index (κ1) is 28.3. The molecule has 4 aliphatic rings. The zero-order valence-corrected chi connectivity index (χ0v) is 24.1. The summed E-state index contributed by atoms with van der Waals surface area (Å²) in [6.07, 6.45) is 1.69. The lowest BCUT2D eigenvalue weighted by atomic mass is 9.77. The van der Waals surface area contributed by atoms with Gasteiger partial charge >= 0.3 is 0 Å². The van der Waals surface area contributed by atoms with E-state index in [4.69, 9.17) is 16.3 Å². The molecule has 1 aromatic heterocycles. The lowest BCUT2D eigenvalue weighted by Crippen LogP contribution is -2.49. The maximum atomic E-state index is 14.1. The molecule has 0 bridgehead atoms. The third-order valence-electron chi connectivity index (χ3n) is 9.58. The number of benzene rings is 1. The zero-order chi connectivity index (χ0) is 29.1. The van der Waals surface area contributed by atoms with Crippen LogP contribution in [0.2, 0.25) is 5.02 Å². The van der Waals surface area contributed by atoms with Crippen LogP contribution in [0, 0.1) is 17.3 Å². The smallest absolute Gasteiger partial charge is 0.282 e. The Morgan fingerprint density at radius 2 is 2.07 bits per heavy atom. The van der Waals surface area contributed by atoms with E-state index < -0.39 is 18.6 Å². The van der Waals surface area contributed by atoms with Crippen molar-refractivity contribution in [3.8, 4) is 5.75 Å². The van der Waals surface area contributed by atoms with Crippen molar-refractivity contribution < 1.29 is 28.2 Å². The highest BCUT2D eigenvalue weighted by atomic mass is 35.5. The van der Waals surface area contributed by atoms with Crippen molar-refractivity contribution in [2.75, 3.05) is 19.6 Å². The number of hydrogen-bond donors (Lipinski definition) is 1. The molecule has 1 spiro atoms. The molecule has 1 aromatic carbocycles. The lowest BCUT2D eigenvalue weighted by Gasteiger charge is -2.43. The van der Waals surface area contributed by atoms with E-state index in [-0.39, 0.29) is 47.1 Å². The number of amides is 2. The van der Waals surface area contributed by atoms with Crippen molar-refractivity contribution in [1.82, 2.24) is 24.8 Å². The van der Waals surface area contributed by atoms with Gasteiger partial charge in [0.1, 0.15) is 23.7 Å². The Balaban J connectivity index is 1.35. The van der Waals surface area contributed by atoms with Gasteiger partial charge in [-0.05, 0) is 67.6 Å². The fraction of sp³-hybridized carbons (Fsp3) is 0.655. The maximum absolute atomic E-state index is 14.1. The highest BCUT2D eigenvalue weighted by Gasteiger charge is 2.52. The van der Waals surface area contributed by atoms with Crippen LogP contribution in [0.15, 0.2) is 12.1 Å². The molecule has 9 nitrogen and oxygen atoms in total. The summed E-state index contributed by atoms with van der Waals surface area (Å²) in [5, 5.41) is 18.3. The first-order chi connectivity index (χ1) is 19.6. The molecule has 1 saturated heterocycles. The molecule has 3 heterocycles. The minimum Gasteiger partial charge on any atom is -0.487 e. The molecule has 2 aromatic rings. The molecule has 2 amide bonds. The van der Waals surface area contributed by atoms with Gasteiger partial charge in [0, 0.05) is 49.6 Å². The summed E-state index contributed by atoms with van der Waals surface area (Å²) in [5.41, 5.74) is 1.33. The van der Waals surface area contributed by atoms with E-state index in [1.165, 1.54) is 7.05 Å². The molecule has 3 fully saturated rings. The first-order valence-electron chi connectivity index (χ1n) is 14.4. The number of aromatic nitrogens is 3. The molecular weight excluding hydrogens is 556 g/mol. The second-order valence-electron chi connectivity index (χ2n) is 12.4. The van der Waals surface area contributed by atoms with E-state index in [2.05, 4.69) is 10.3 Å². The van der Waals surface area contributed by atoms with Crippen LogP contribution in [0.4, 0.5) is 8.78 Å². The van der Waals surface area contributed by atoms with Crippen molar-refractivity contribution in [1.29, 1.82) is 0 Å². The van der Waals surface area contributed by atoms with E-state index in [1.807, 2.05) is 16.7 Å². The number of ether oxygens (including phenoxy) is 1. The number of alkyl halides is 2. The molecule has 2 aliphatic carbocycles. The number of nitrogens with zero attached hydrogens (tertiary/aromatic N) is 5. The van der Waals surface area contributed by atoms with Crippen LogP contribution in [-0.4, -0.2) is 67.5 Å². The maximum Gasteiger partial charge on any atom is 0.282 e. The Kier molecular flexibility index (Phi) is 7.46. The molecule has 12 heteroatoms. The molecule has 222 valence electrons. The van der Waals surface area contributed by atoms with Crippen LogP contribution in [0.25, 0.3) is 0 Å². The number of fused-ring (bicyclic) bond motifs is 1. The number of carbonyl (C=O) groups is 2. The number of likely N-dealkylation sites (tertiary alicyclic amines) is 1. The Hall–Kier alpha value is -2.79. The summed E-state index contributed by atoms with van der Waals surface area (Å²) in [4.78, 5) is 31.0. The molecule has 2 saturated carbocycles. The van der Waals surface area contributed by atoms with E-state index in [0.717, 1.165) is 23.1 Å². The monoisotopic (exact) mass is 591 g/mol. The van der Waals surface area contributed by atoms with Gasteiger partial charge < -0.3 is 19.6 Å². The van der Waals surface area contributed by atoms with Crippen LogP contribution in [-0.2, 0) is 29.7 Å². The quantitative estimate of drug-likeness (QED) is 0.517. The van der Waals surface area contributed by atoms with Crippen LogP contribution in [0.5, 0.6) is 5.75 Å². The van der Waals surface area contributed by atoms with Crippen LogP contribution in [0.1, 0.15) is 80.4 Å². The predicted molar refractivity (Wildman–Crippen MR) is 145 cm³/mol. The van der Waals surface area contributed by atoms with Gasteiger partial charge in [-0.25, -0.2) is 13.5 Å². The molecule has 0 radical (unpaired) electrons. The van der Waals surface area contributed by atoms with Crippen molar-refractivity contribution >= 4 is 23.4 Å². The Morgan fingerprint density at radius 3 is 2.76 bits per heavy atom. The van der Waals surface area contributed by atoms with E-state index in [0.29, 0.717) is 68.1 Å². The van der Waals surface area contributed by atoms with E-state index >= 15 is 0 Å². The molecule has 2 aliphatic heterocycles. The summed E-state index contributed by atoms with van der Waals surface area (Å²) in [6, 6.07) is 2.92. The minimum atomic E-state index is -2.76. The van der Waals surface area contributed by atoms with Crippen molar-refractivity contribution in [2.24, 2.45) is 24.3 Å². The summed E-state index contributed by atoms with van der Waals surface area (Å²) >= 11 is 6.69. The third kappa shape index (κ3) is 5.31. The normalized spacial score (nSPS) is 27.0. The number of halogens is 3. The van der Waals surface area contributed by atoms with Crippen molar-refractivity contribution in [2.45, 2.75) is 77.0 Å². The van der Waals surface area contributed by atoms with Gasteiger partial charge in [0.25, 0.3) is 6.43 Å². The topological polar surface area (TPSA) is 101 Å². The van der Waals surface area contributed by atoms with E-state index in [9.17, 15) is 23.5 Å². The van der Waals surface area contributed by atoms with Gasteiger partial charge in [-0.15, -0.1) is 5.10 Å². The SMILES string of the molecule is C[C@H]1C[C@H](O)CC[C@H]1C(=O)N1CCc2c(Cl)ccc(OCc3nnn(C)c3C(F)F)c2[C@H]1CN1CC2(CC2)CC1=O. The summed E-state index contributed by atoms with van der Waals surface area (Å²) in [7, 11) is 1.41. The number of aryl methyl sites for hydroxylation is 1. The fourth-order valence-corrected chi connectivity index (χ4v) is 7.36. The van der Waals surface area contributed by atoms with E-state index in [1.54, 1.807) is 12.1 Å². The van der Waals surface area contributed by atoms with Crippen LogP contribution < -0.4 is 4.74 Å². The second kappa shape index (κ2) is 10.8. The van der Waals surface area contributed by atoms with Gasteiger partial charge in [0.05, 0.1) is 12.1 Å². The van der Waals surface area contributed by atoms with Crippen molar-refractivity contribution in [3.63, 3.8) is 0 Å². The van der Waals surface area contributed by atoms with Gasteiger partial charge in [-0.1, -0.05) is 23.7 Å².